The number of hydrogen-bond acceptors (Lipinski definition) is 3. The predicted octanol–water partition coefficient (Wildman–Crippen LogP) is 0.572. The van der Waals surface area contributed by atoms with Crippen LogP contribution < -0.4 is 11.1 Å². The van der Waals surface area contributed by atoms with Crippen molar-refractivity contribution in [3.05, 3.63) is 0 Å². The Kier molecular flexibility index (Phi) is 3.97. The smallest absolute Gasteiger partial charge is 0.237 e. The quantitative estimate of drug-likeness (QED) is 0.722. The average Bonchev–Trinajstić information content (AvgIpc) is 2.42. The summed E-state index contributed by atoms with van der Waals surface area (Å²) in [5.41, 5.74) is 5.31. The molecule has 16 heavy (non-hydrogen) atoms. The summed E-state index contributed by atoms with van der Waals surface area (Å²) in [4.78, 5) is 13.7. The number of amides is 1. The molecule has 1 aliphatic rings. The van der Waals surface area contributed by atoms with Gasteiger partial charge in [0.2, 0.25) is 5.91 Å². The van der Waals surface area contributed by atoms with E-state index in [2.05, 4.69) is 24.1 Å². The van der Waals surface area contributed by atoms with Crippen LogP contribution in [-0.2, 0) is 4.79 Å². The summed E-state index contributed by atoms with van der Waals surface area (Å²) in [5.74, 6) is -0.197. The van der Waals surface area contributed by atoms with Crippen LogP contribution in [0.1, 0.15) is 33.1 Å². The predicted molar refractivity (Wildman–Crippen MR) is 66.1 cm³/mol. The molecule has 1 aliphatic carbocycles. The molecule has 1 fully saturated rings. The maximum absolute atomic E-state index is 11.6. The summed E-state index contributed by atoms with van der Waals surface area (Å²) >= 11 is 0. The van der Waals surface area contributed by atoms with E-state index in [0.717, 1.165) is 32.4 Å². The highest BCUT2D eigenvalue weighted by Gasteiger charge is 2.46. The molecular formula is C12H25N3O. The third-order valence-corrected chi connectivity index (χ3v) is 3.50. The standard InChI is InChI=1S/C12H25N3O/c1-11(2)5-6-12(9-11,10(13)16)14-7-8-15(3)4/h14H,5-9H2,1-4H3,(H2,13,16). The zero-order valence-corrected chi connectivity index (χ0v) is 11.0. The summed E-state index contributed by atoms with van der Waals surface area (Å²) in [6.45, 7) is 6.14. The van der Waals surface area contributed by atoms with Gasteiger partial charge in [0.1, 0.15) is 0 Å². The van der Waals surface area contributed by atoms with E-state index in [9.17, 15) is 4.79 Å². The first-order chi connectivity index (χ1) is 7.27. The van der Waals surface area contributed by atoms with Crippen LogP contribution in [0.5, 0.6) is 0 Å². The van der Waals surface area contributed by atoms with Gasteiger partial charge in [0.25, 0.3) is 0 Å². The van der Waals surface area contributed by atoms with Gasteiger partial charge >= 0.3 is 0 Å². The van der Waals surface area contributed by atoms with Crippen LogP contribution in [0.15, 0.2) is 0 Å². The van der Waals surface area contributed by atoms with E-state index < -0.39 is 5.54 Å². The summed E-state index contributed by atoms with van der Waals surface area (Å²) < 4.78 is 0. The van der Waals surface area contributed by atoms with Gasteiger partial charge in [-0.25, -0.2) is 0 Å². The number of hydrogen-bond donors (Lipinski definition) is 2. The van der Waals surface area contributed by atoms with Gasteiger partial charge in [-0.2, -0.15) is 0 Å². The van der Waals surface area contributed by atoms with Crippen molar-refractivity contribution in [2.45, 2.75) is 38.6 Å². The van der Waals surface area contributed by atoms with Crippen LogP contribution in [0.25, 0.3) is 0 Å². The first-order valence-corrected chi connectivity index (χ1v) is 5.97. The lowest BCUT2D eigenvalue weighted by Gasteiger charge is -2.29. The Balaban J connectivity index is 2.58. The number of primary amides is 1. The summed E-state index contributed by atoms with van der Waals surface area (Å²) in [6, 6.07) is 0. The van der Waals surface area contributed by atoms with Crippen LogP contribution in [0, 0.1) is 5.41 Å². The van der Waals surface area contributed by atoms with Crippen LogP contribution in [0.3, 0.4) is 0 Å². The first-order valence-electron chi connectivity index (χ1n) is 5.97. The van der Waals surface area contributed by atoms with Crippen LogP contribution in [-0.4, -0.2) is 43.5 Å². The minimum absolute atomic E-state index is 0.197. The molecule has 4 nitrogen and oxygen atoms in total. The number of nitrogens with two attached hydrogens (primary N) is 1. The van der Waals surface area contributed by atoms with E-state index in [0.29, 0.717) is 0 Å². The molecule has 3 N–H and O–H groups in total. The number of nitrogens with zero attached hydrogens (tertiary/aromatic N) is 1. The van der Waals surface area contributed by atoms with Gasteiger partial charge in [-0.05, 0) is 38.8 Å². The van der Waals surface area contributed by atoms with E-state index in [1.54, 1.807) is 0 Å². The van der Waals surface area contributed by atoms with Crippen molar-refractivity contribution in [2.24, 2.45) is 11.1 Å². The van der Waals surface area contributed by atoms with Crippen molar-refractivity contribution in [1.29, 1.82) is 0 Å². The molecule has 0 saturated heterocycles. The lowest BCUT2D eigenvalue weighted by Crippen LogP contribution is -2.55. The van der Waals surface area contributed by atoms with Gasteiger partial charge in [0.05, 0.1) is 5.54 Å². The molecule has 0 heterocycles. The molecule has 4 heteroatoms. The van der Waals surface area contributed by atoms with E-state index >= 15 is 0 Å². The van der Waals surface area contributed by atoms with Crippen molar-refractivity contribution in [1.82, 2.24) is 10.2 Å². The number of carbonyl (C=O) groups excluding carboxylic acids is 1. The van der Waals surface area contributed by atoms with Crippen LogP contribution in [0.2, 0.25) is 0 Å². The molecule has 1 amide bonds. The van der Waals surface area contributed by atoms with Gasteiger partial charge in [-0.3, -0.25) is 4.79 Å². The minimum atomic E-state index is -0.473. The number of carbonyl (C=O) groups is 1. The molecule has 0 bridgehead atoms. The molecule has 0 radical (unpaired) electrons. The van der Waals surface area contributed by atoms with E-state index in [-0.39, 0.29) is 11.3 Å². The fraction of sp³-hybridized carbons (Fsp3) is 0.917. The molecular weight excluding hydrogens is 202 g/mol. The molecule has 94 valence electrons. The second-order valence-corrected chi connectivity index (χ2v) is 6.02. The highest BCUT2D eigenvalue weighted by molar-refractivity contribution is 5.85. The number of rotatable bonds is 5. The topological polar surface area (TPSA) is 58.4 Å². The van der Waals surface area contributed by atoms with Crippen molar-refractivity contribution in [3.63, 3.8) is 0 Å². The van der Waals surface area contributed by atoms with E-state index in [1.165, 1.54) is 0 Å². The van der Waals surface area contributed by atoms with Crippen molar-refractivity contribution >= 4 is 5.91 Å². The van der Waals surface area contributed by atoms with Crippen molar-refractivity contribution in [3.8, 4) is 0 Å². The van der Waals surface area contributed by atoms with E-state index in [1.807, 2.05) is 14.1 Å². The normalized spacial score (nSPS) is 28.6. The largest absolute Gasteiger partial charge is 0.368 e. The summed E-state index contributed by atoms with van der Waals surface area (Å²) in [5, 5.41) is 3.37. The fourth-order valence-electron chi connectivity index (χ4n) is 2.51. The Hall–Kier alpha value is -0.610. The molecule has 0 aliphatic heterocycles. The van der Waals surface area contributed by atoms with Gasteiger partial charge in [-0.15, -0.1) is 0 Å². The van der Waals surface area contributed by atoms with Crippen LogP contribution >= 0.6 is 0 Å². The average molecular weight is 227 g/mol. The Morgan fingerprint density at radius 3 is 2.38 bits per heavy atom. The van der Waals surface area contributed by atoms with Gasteiger partial charge < -0.3 is 16.0 Å². The van der Waals surface area contributed by atoms with Gasteiger partial charge in [0, 0.05) is 13.1 Å². The Morgan fingerprint density at radius 1 is 1.38 bits per heavy atom. The highest BCUT2D eigenvalue weighted by atomic mass is 16.1. The Labute approximate surface area is 98.6 Å². The highest BCUT2D eigenvalue weighted by Crippen LogP contribution is 2.43. The third kappa shape index (κ3) is 3.19. The summed E-state index contributed by atoms with van der Waals surface area (Å²) in [7, 11) is 4.05. The van der Waals surface area contributed by atoms with E-state index in [4.69, 9.17) is 5.73 Å². The number of likely N-dealkylation sites (N-methyl/N-ethyl adjacent to an activating group) is 1. The SMILES string of the molecule is CN(C)CCNC1(C(N)=O)CCC(C)(C)C1. The van der Waals surface area contributed by atoms with Crippen molar-refractivity contribution < 1.29 is 4.79 Å². The summed E-state index contributed by atoms with van der Waals surface area (Å²) in [6.07, 6.45) is 2.77. The maximum atomic E-state index is 11.6. The number of nitrogens with one attached hydrogen (secondary N) is 1. The second-order valence-electron chi connectivity index (χ2n) is 6.02. The molecule has 1 rings (SSSR count). The molecule has 0 spiro atoms. The maximum Gasteiger partial charge on any atom is 0.237 e. The Morgan fingerprint density at radius 2 is 2.00 bits per heavy atom. The lowest BCUT2D eigenvalue weighted by molar-refractivity contribution is -0.124. The third-order valence-electron chi connectivity index (χ3n) is 3.50. The molecule has 0 aromatic heterocycles. The zero-order chi connectivity index (χ0) is 12.4. The molecule has 1 atom stereocenters. The second kappa shape index (κ2) is 4.72. The van der Waals surface area contributed by atoms with Gasteiger partial charge in [-0.1, -0.05) is 13.8 Å². The van der Waals surface area contributed by atoms with Crippen LogP contribution in [0.4, 0.5) is 0 Å². The zero-order valence-electron chi connectivity index (χ0n) is 11.0. The van der Waals surface area contributed by atoms with Crippen molar-refractivity contribution in [2.75, 3.05) is 27.2 Å². The lowest BCUT2D eigenvalue weighted by atomic mass is 9.87. The molecule has 0 aromatic carbocycles. The monoisotopic (exact) mass is 227 g/mol. The molecule has 1 unspecified atom stereocenters. The van der Waals surface area contributed by atoms with Gasteiger partial charge in [0.15, 0.2) is 0 Å². The molecule has 0 aromatic rings. The first kappa shape index (κ1) is 13.5. The fourth-order valence-corrected chi connectivity index (χ4v) is 2.51. The minimum Gasteiger partial charge on any atom is -0.368 e. The molecule has 1 saturated carbocycles. The Bertz CT molecular complexity index is 263.